The molecular weight excluding hydrogens is 475 g/mol. The summed E-state index contributed by atoms with van der Waals surface area (Å²) < 4.78 is 19.3. The van der Waals surface area contributed by atoms with E-state index in [2.05, 4.69) is 20.4 Å². The van der Waals surface area contributed by atoms with Crippen LogP contribution >= 0.6 is 23.4 Å². The first-order valence-electron chi connectivity index (χ1n) is 11.4. The minimum absolute atomic E-state index is 0.00722. The van der Waals surface area contributed by atoms with Gasteiger partial charge >= 0.3 is 0 Å². The van der Waals surface area contributed by atoms with Crippen LogP contribution in [0.3, 0.4) is 0 Å². The summed E-state index contributed by atoms with van der Waals surface area (Å²) in [5.41, 5.74) is 2.61. The maximum absolute atomic E-state index is 13.8. The van der Waals surface area contributed by atoms with E-state index in [0.717, 1.165) is 37.1 Å². The van der Waals surface area contributed by atoms with E-state index in [1.54, 1.807) is 23.9 Å². The summed E-state index contributed by atoms with van der Waals surface area (Å²) in [6.45, 7) is 4.79. The molecule has 0 bridgehead atoms. The van der Waals surface area contributed by atoms with Crippen LogP contribution in [0.4, 0.5) is 4.39 Å². The monoisotopic (exact) mass is 502 g/mol. The molecule has 2 heterocycles. The fraction of sp³-hybridized carbons (Fsp3) is 0.400. The Hall–Kier alpha value is -2.42. The fourth-order valence-electron chi connectivity index (χ4n) is 4.00. The number of likely N-dealkylation sites (tertiary alicyclic amines) is 1. The van der Waals surface area contributed by atoms with E-state index >= 15 is 0 Å². The number of hydrogen-bond acceptors (Lipinski definition) is 6. The number of aromatic nitrogens is 2. The number of amides is 1. The molecule has 1 amide bonds. The van der Waals surface area contributed by atoms with Crippen LogP contribution in [0.2, 0.25) is 5.02 Å². The van der Waals surface area contributed by atoms with E-state index in [-0.39, 0.29) is 17.6 Å². The number of aryl methyl sites for hydroxylation is 1. The van der Waals surface area contributed by atoms with Crippen molar-refractivity contribution in [2.75, 3.05) is 25.4 Å². The van der Waals surface area contributed by atoms with Gasteiger partial charge in [0.05, 0.1) is 6.54 Å². The van der Waals surface area contributed by atoms with Crippen molar-refractivity contribution in [1.29, 1.82) is 0 Å². The molecule has 0 saturated carbocycles. The summed E-state index contributed by atoms with van der Waals surface area (Å²) >= 11 is 7.61. The predicted octanol–water partition coefficient (Wildman–Crippen LogP) is 5.10. The molecule has 1 saturated heterocycles. The number of thioether (sulfide) groups is 1. The Kier molecular flexibility index (Phi) is 8.59. The Labute approximate surface area is 208 Å². The maximum atomic E-state index is 13.8. The van der Waals surface area contributed by atoms with Crippen LogP contribution in [0.25, 0.3) is 11.4 Å². The van der Waals surface area contributed by atoms with Crippen LogP contribution in [0.15, 0.2) is 47.0 Å². The van der Waals surface area contributed by atoms with Crippen molar-refractivity contribution in [3.63, 3.8) is 0 Å². The van der Waals surface area contributed by atoms with Crippen molar-refractivity contribution in [2.24, 2.45) is 5.92 Å². The Morgan fingerprint density at radius 2 is 2.06 bits per heavy atom. The zero-order chi connectivity index (χ0) is 23.9. The van der Waals surface area contributed by atoms with Gasteiger partial charge in [0.1, 0.15) is 5.82 Å². The highest BCUT2D eigenvalue weighted by molar-refractivity contribution is 7.98. The third-order valence-corrected chi connectivity index (χ3v) is 7.26. The fourth-order valence-corrected chi connectivity index (χ4v) is 5.20. The Balaban J connectivity index is 1.15. The first kappa shape index (κ1) is 24.7. The van der Waals surface area contributed by atoms with E-state index in [4.69, 9.17) is 16.1 Å². The minimum atomic E-state index is -0.289. The van der Waals surface area contributed by atoms with Gasteiger partial charge in [-0.2, -0.15) is 16.7 Å². The van der Waals surface area contributed by atoms with Crippen LogP contribution in [-0.2, 0) is 17.1 Å². The second-order valence-corrected chi connectivity index (χ2v) is 9.99. The molecule has 9 heteroatoms. The van der Waals surface area contributed by atoms with Crippen LogP contribution in [0, 0.1) is 18.7 Å². The lowest BCUT2D eigenvalue weighted by molar-refractivity contribution is -0.126. The predicted molar refractivity (Wildman–Crippen MR) is 133 cm³/mol. The number of nitrogens with zero attached hydrogens (tertiary/aromatic N) is 3. The van der Waals surface area contributed by atoms with Gasteiger partial charge in [0.2, 0.25) is 17.6 Å². The molecule has 3 aromatic rings. The second kappa shape index (κ2) is 11.8. The van der Waals surface area contributed by atoms with Gasteiger partial charge in [-0.05, 0) is 51.1 Å². The molecular formula is C25H28ClFN4O2S. The van der Waals surface area contributed by atoms with Gasteiger partial charge in [-0.1, -0.05) is 46.6 Å². The lowest BCUT2D eigenvalue weighted by Gasteiger charge is -2.30. The average Bonchev–Trinajstić information content (AvgIpc) is 3.29. The van der Waals surface area contributed by atoms with Gasteiger partial charge in [0, 0.05) is 40.1 Å². The molecule has 1 aromatic heterocycles. The van der Waals surface area contributed by atoms with Gasteiger partial charge in [0.25, 0.3) is 0 Å². The van der Waals surface area contributed by atoms with Crippen molar-refractivity contribution in [3.8, 4) is 11.4 Å². The van der Waals surface area contributed by atoms with Crippen LogP contribution in [0.5, 0.6) is 0 Å². The molecule has 2 aromatic carbocycles. The summed E-state index contributed by atoms with van der Waals surface area (Å²) in [6.07, 6.45) is 1.59. The largest absolute Gasteiger partial charge is 0.355 e. The number of rotatable bonds is 9. The smallest absolute Gasteiger partial charge is 0.241 e. The van der Waals surface area contributed by atoms with Crippen LogP contribution in [-0.4, -0.2) is 46.3 Å². The highest BCUT2D eigenvalue weighted by atomic mass is 35.5. The summed E-state index contributed by atoms with van der Waals surface area (Å²) in [7, 11) is 0. The molecule has 1 aliphatic rings. The van der Waals surface area contributed by atoms with Gasteiger partial charge in [0.15, 0.2) is 0 Å². The molecule has 6 nitrogen and oxygen atoms in total. The van der Waals surface area contributed by atoms with E-state index < -0.39 is 0 Å². The van der Waals surface area contributed by atoms with Crippen LogP contribution < -0.4 is 5.32 Å². The van der Waals surface area contributed by atoms with Gasteiger partial charge < -0.3 is 9.84 Å². The first-order valence-corrected chi connectivity index (χ1v) is 12.9. The normalized spacial score (nSPS) is 14.9. The van der Waals surface area contributed by atoms with Crippen LogP contribution in [0.1, 0.15) is 29.9 Å². The number of carbonyl (C=O) groups is 1. The maximum Gasteiger partial charge on any atom is 0.241 e. The lowest BCUT2D eigenvalue weighted by Crippen LogP contribution is -2.40. The highest BCUT2D eigenvalue weighted by Crippen LogP contribution is 2.24. The standard InChI is InChI=1S/C25H28ClFN4O2S/c1-17-4-2-5-19(14-17)24-29-23(33-30-24)15-31-11-8-18(9-12-31)25(32)28-10-13-34-16-20-21(26)6-3-7-22(20)27/h2-7,14,18H,8-13,15-16H2,1H3,(H,28,32). The van der Waals surface area contributed by atoms with Crippen molar-refractivity contribution in [1.82, 2.24) is 20.4 Å². The van der Waals surface area contributed by atoms with Gasteiger partial charge in [-0.25, -0.2) is 4.39 Å². The third kappa shape index (κ3) is 6.58. The molecule has 0 aliphatic carbocycles. The topological polar surface area (TPSA) is 71.3 Å². The molecule has 180 valence electrons. The van der Waals surface area contributed by atoms with Crippen molar-refractivity contribution in [3.05, 3.63) is 70.3 Å². The van der Waals surface area contributed by atoms with Crippen molar-refractivity contribution in [2.45, 2.75) is 32.1 Å². The molecule has 4 rings (SSSR count). The Morgan fingerprint density at radius 3 is 2.82 bits per heavy atom. The van der Waals surface area contributed by atoms with Gasteiger partial charge in [-0.3, -0.25) is 9.69 Å². The van der Waals surface area contributed by atoms with E-state index in [9.17, 15) is 9.18 Å². The lowest BCUT2D eigenvalue weighted by atomic mass is 9.96. The van der Waals surface area contributed by atoms with Crippen molar-refractivity contribution >= 4 is 29.3 Å². The molecule has 0 atom stereocenters. The third-order valence-electron chi connectivity index (χ3n) is 5.92. The first-order chi connectivity index (χ1) is 16.5. The van der Waals surface area contributed by atoms with E-state index in [1.807, 2.05) is 31.2 Å². The number of nitrogens with one attached hydrogen (secondary N) is 1. The molecule has 34 heavy (non-hydrogen) atoms. The molecule has 0 unspecified atom stereocenters. The Morgan fingerprint density at radius 1 is 1.26 bits per heavy atom. The summed E-state index contributed by atoms with van der Waals surface area (Å²) in [6, 6.07) is 12.7. The number of benzene rings is 2. The second-order valence-electron chi connectivity index (χ2n) is 8.48. The van der Waals surface area contributed by atoms with Crippen molar-refractivity contribution < 1.29 is 13.7 Å². The molecule has 1 aliphatic heterocycles. The summed E-state index contributed by atoms with van der Waals surface area (Å²) in [4.78, 5) is 19.3. The number of piperidine rings is 1. The number of hydrogen-bond donors (Lipinski definition) is 1. The van der Waals surface area contributed by atoms with Gasteiger partial charge in [-0.15, -0.1) is 0 Å². The molecule has 1 fully saturated rings. The quantitative estimate of drug-likeness (QED) is 0.410. The zero-order valence-corrected chi connectivity index (χ0v) is 20.7. The highest BCUT2D eigenvalue weighted by Gasteiger charge is 2.25. The minimum Gasteiger partial charge on any atom is -0.355 e. The average molecular weight is 503 g/mol. The van der Waals surface area contributed by atoms with E-state index in [1.165, 1.54) is 6.07 Å². The zero-order valence-electron chi connectivity index (χ0n) is 19.1. The molecule has 1 N–H and O–H groups in total. The summed E-state index contributed by atoms with van der Waals surface area (Å²) in [5, 5.41) is 7.56. The molecule has 0 spiro atoms. The molecule has 0 radical (unpaired) electrons. The summed E-state index contributed by atoms with van der Waals surface area (Å²) in [5.74, 6) is 2.19. The number of halogens is 2. The Bertz CT molecular complexity index is 1100. The number of carbonyl (C=O) groups excluding carboxylic acids is 1. The van der Waals surface area contributed by atoms with E-state index in [0.29, 0.717) is 46.9 Å². The SMILES string of the molecule is Cc1cccc(-c2noc(CN3CCC(C(=O)NCCSCc4c(F)cccc4Cl)CC3)n2)c1.